The van der Waals surface area contributed by atoms with Gasteiger partial charge in [-0.1, -0.05) is 64.7 Å². The van der Waals surface area contributed by atoms with E-state index in [0.717, 1.165) is 12.8 Å². The third-order valence-electron chi connectivity index (χ3n) is 4.59. The number of thiocarbonyl (C=S) groups is 1. The molecule has 0 radical (unpaired) electrons. The van der Waals surface area contributed by atoms with E-state index in [9.17, 15) is 8.42 Å². The summed E-state index contributed by atoms with van der Waals surface area (Å²) >= 11 is 5.13. The van der Waals surface area contributed by atoms with Gasteiger partial charge in [-0.25, -0.2) is 8.42 Å². The van der Waals surface area contributed by atoms with Crippen LogP contribution in [-0.2, 0) is 14.6 Å². The Labute approximate surface area is 154 Å². The Morgan fingerprint density at radius 2 is 1.62 bits per heavy atom. The van der Waals surface area contributed by atoms with Crippen molar-refractivity contribution in [2.45, 2.75) is 77.6 Å². The monoisotopic (exact) mass is 377 g/mol. The first-order valence-electron chi connectivity index (χ1n) is 9.64. The molecule has 0 saturated carbocycles. The minimum absolute atomic E-state index is 0.175. The van der Waals surface area contributed by atoms with Gasteiger partial charge in [-0.3, -0.25) is 0 Å². The third-order valence-corrected chi connectivity index (χ3v) is 6.69. The lowest BCUT2D eigenvalue weighted by Gasteiger charge is -2.12. The molecule has 1 atom stereocenters. The molecule has 1 saturated heterocycles. The number of hydrogen-bond donors (Lipinski definition) is 1. The van der Waals surface area contributed by atoms with Gasteiger partial charge in [0.25, 0.3) is 5.17 Å². The molecule has 0 aromatic carbocycles. The van der Waals surface area contributed by atoms with Gasteiger partial charge in [-0.2, -0.15) is 0 Å². The summed E-state index contributed by atoms with van der Waals surface area (Å²) in [4.78, 5) is 0. The predicted octanol–water partition coefficient (Wildman–Crippen LogP) is 4.23. The van der Waals surface area contributed by atoms with E-state index >= 15 is 0 Å². The molecule has 142 valence electrons. The highest BCUT2D eigenvalue weighted by molar-refractivity contribution is 7.91. The fourth-order valence-corrected chi connectivity index (χ4v) is 5.09. The van der Waals surface area contributed by atoms with Gasteiger partial charge in [0.1, 0.15) is 0 Å². The summed E-state index contributed by atoms with van der Waals surface area (Å²) in [6.45, 7) is 3.52. The van der Waals surface area contributed by atoms with Crippen LogP contribution in [0.3, 0.4) is 0 Å². The lowest BCUT2D eigenvalue weighted by Crippen LogP contribution is -2.30. The zero-order valence-electron chi connectivity index (χ0n) is 15.2. The van der Waals surface area contributed by atoms with Gasteiger partial charge in [0.2, 0.25) is 0 Å². The third kappa shape index (κ3) is 11.2. The molecule has 0 bridgehead atoms. The van der Waals surface area contributed by atoms with Crippen LogP contribution in [0.5, 0.6) is 0 Å². The number of sulfone groups is 1. The van der Waals surface area contributed by atoms with Gasteiger partial charge < -0.3 is 10.1 Å². The van der Waals surface area contributed by atoms with Crippen molar-refractivity contribution in [2.24, 2.45) is 5.92 Å². The van der Waals surface area contributed by atoms with Crippen LogP contribution in [0.25, 0.3) is 0 Å². The maximum absolute atomic E-state index is 11.4. The first-order valence-corrected chi connectivity index (χ1v) is 11.9. The Bertz CT molecular complexity index is 438. The molecule has 0 aromatic rings. The van der Waals surface area contributed by atoms with Crippen molar-refractivity contribution in [3.8, 4) is 0 Å². The van der Waals surface area contributed by atoms with Gasteiger partial charge in [0.15, 0.2) is 9.84 Å². The van der Waals surface area contributed by atoms with Gasteiger partial charge in [0, 0.05) is 6.54 Å². The van der Waals surface area contributed by atoms with E-state index in [0.29, 0.717) is 24.1 Å². The summed E-state index contributed by atoms with van der Waals surface area (Å²) in [5.74, 6) is 0.765. The quantitative estimate of drug-likeness (QED) is 0.384. The fourth-order valence-electron chi connectivity index (χ4n) is 3.07. The van der Waals surface area contributed by atoms with Crippen LogP contribution in [0, 0.1) is 5.92 Å². The van der Waals surface area contributed by atoms with Crippen LogP contribution >= 0.6 is 12.2 Å². The van der Waals surface area contributed by atoms with E-state index in [4.69, 9.17) is 17.0 Å². The first kappa shape index (κ1) is 21.7. The van der Waals surface area contributed by atoms with Crippen LogP contribution < -0.4 is 5.32 Å². The molecule has 0 spiro atoms. The lowest BCUT2D eigenvalue weighted by atomic mass is 10.1. The SMILES string of the molecule is CCCCCCCCCCCCOC(=S)NCC1CCS(=O)(=O)C1. The first-order chi connectivity index (χ1) is 11.5. The molecule has 0 amide bonds. The molecule has 1 rings (SSSR count). The highest BCUT2D eigenvalue weighted by Crippen LogP contribution is 2.17. The molecule has 1 aliphatic heterocycles. The number of nitrogens with one attached hydrogen (secondary N) is 1. The van der Waals surface area contributed by atoms with E-state index < -0.39 is 9.84 Å². The van der Waals surface area contributed by atoms with Crippen LogP contribution in [0.2, 0.25) is 0 Å². The Morgan fingerprint density at radius 3 is 2.17 bits per heavy atom. The smallest absolute Gasteiger partial charge is 0.256 e. The summed E-state index contributed by atoms with van der Waals surface area (Å²) in [6, 6.07) is 0. The molecule has 6 heteroatoms. The largest absolute Gasteiger partial charge is 0.471 e. The molecular formula is C18H35NO3S2. The maximum Gasteiger partial charge on any atom is 0.256 e. The second-order valence-electron chi connectivity index (χ2n) is 6.97. The number of unbranched alkanes of at least 4 members (excludes halogenated alkanes) is 9. The Kier molecular flexibility index (Phi) is 11.7. The van der Waals surface area contributed by atoms with Gasteiger partial charge in [-0.15, -0.1) is 0 Å². The van der Waals surface area contributed by atoms with Crippen LogP contribution in [0.15, 0.2) is 0 Å². The Balaban J connectivity index is 1.84. The van der Waals surface area contributed by atoms with Gasteiger partial charge >= 0.3 is 0 Å². The van der Waals surface area contributed by atoms with Crippen molar-refractivity contribution in [3.63, 3.8) is 0 Å². The summed E-state index contributed by atoms with van der Waals surface area (Å²) in [5.41, 5.74) is 0. The van der Waals surface area contributed by atoms with E-state index in [1.54, 1.807) is 0 Å². The molecule has 1 unspecified atom stereocenters. The Hall–Kier alpha value is -0.360. The molecule has 24 heavy (non-hydrogen) atoms. The van der Waals surface area contributed by atoms with Crippen molar-refractivity contribution >= 4 is 27.2 Å². The maximum atomic E-state index is 11.4. The molecular weight excluding hydrogens is 342 g/mol. The van der Waals surface area contributed by atoms with Crippen molar-refractivity contribution in [2.75, 3.05) is 24.7 Å². The molecule has 1 heterocycles. The average Bonchev–Trinajstić information content (AvgIpc) is 2.90. The Morgan fingerprint density at radius 1 is 1.04 bits per heavy atom. The molecule has 1 aliphatic rings. The fraction of sp³-hybridized carbons (Fsp3) is 0.944. The van der Waals surface area contributed by atoms with Crippen molar-refractivity contribution < 1.29 is 13.2 Å². The molecule has 0 aromatic heterocycles. The lowest BCUT2D eigenvalue weighted by molar-refractivity contribution is 0.284. The van der Waals surface area contributed by atoms with Crippen LogP contribution in [0.1, 0.15) is 77.6 Å². The van der Waals surface area contributed by atoms with Crippen molar-refractivity contribution in [1.29, 1.82) is 0 Å². The van der Waals surface area contributed by atoms with E-state index in [1.807, 2.05) is 0 Å². The highest BCUT2D eigenvalue weighted by atomic mass is 32.2. The molecule has 1 fully saturated rings. The summed E-state index contributed by atoms with van der Waals surface area (Å²) in [6.07, 6.45) is 13.8. The number of rotatable bonds is 13. The predicted molar refractivity (Wildman–Crippen MR) is 105 cm³/mol. The van der Waals surface area contributed by atoms with E-state index in [2.05, 4.69) is 12.2 Å². The second-order valence-corrected chi connectivity index (χ2v) is 9.57. The second kappa shape index (κ2) is 12.9. The summed E-state index contributed by atoms with van der Waals surface area (Å²) in [5, 5.41) is 3.45. The van der Waals surface area contributed by atoms with E-state index in [1.165, 1.54) is 57.8 Å². The topological polar surface area (TPSA) is 55.4 Å². The minimum Gasteiger partial charge on any atom is -0.471 e. The standard InChI is InChI=1S/C18H35NO3S2/c1-2-3-4-5-6-7-8-9-10-11-13-22-18(23)19-15-17-12-14-24(20,21)16-17/h17H,2-16H2,1H3,(H,19,23). The molecule has 1 N–H and O–H groups in total. The highest BCUT2D eigenvalue weighted by Gasteiger charge is 2.27. The molecule has 0 aliphatic carbocycles. The summed E-state index contributed by atoms with van der Waals surface area (Å²) < 4.78 is 28.3. The van der Waals surface area contributed by atoms with Crippen LogP contribution in [-0.4, -0.2) is 38.2 Å². The number of hydrogen-bond acceptors (Lipinski definition) is 4. The normalized spacial score (nSPS) is 19.3. The van der Waals surface area contributed by atoms with Crippen LogP contribution in [0.4, 0.5) is 0 Å². The minimum atomic E-state index is -2.81. The average molecular weight is 378 g/mol. The zero-order chi connectivity index (χ0) is 17.7. The van der Waals surface area contributed by atoms with Crippen molar-refractivity contribution in [1.82, 2.24) is 5.32 Å². The summed E-state index contributed by atoms with van der Waals surface area (Å²) in [7, 11) is -2.81. The van der Waals surface area contributed by atoms with Gasteiger partial charge in [-0.05, 0) is 31.0 Å². The van der Waals surface area contributed by atoms with Gasteiger partial charge in [0.05, 0.1) is 18.1 Å². The zero-order valence-corrected chi connectivity index (χ0v) is 16.9. The van der Waals surface area contributed by atoms with E-state index in [-0.39, 0.29) is 11.7 Å². The van der Waals surface area contributed by atoms with Crippen molar-refractivity contribution in [3.05, 3.63) is 0 Å². The number of ether oxygens (including phenoxy) is 1. The molecule has 4 nitrogen and oxygen atoms in total.